The highest BCUT2D eigenvalue weighted by Gasteiger charge is 2.14. The predicted octanol–water partition coefficient (Wildman–Crippen LogP) is -0.273. The van der Waals surface area contributed by atoms with E-state index >= 15 is 0 Å². The maximum absolute atomic E-state index is 5.71. The van der Waals surface area contributed by atoms with Crippen molar-refractivity contribution in [2.24, 2.45) is 0 Å². The molecule has 0 aliphatic carbocycles. The van der Waals surface area contributed by atoms with Crippen LogP contribution >= 0.6 is 0 Å². The monoisotopic (exact) mass is 278 g/mol. The van der Waals surface area contributed by atoms with Crippen molar-refractivity contribution in [1.82, 2.24) is 15.1 Å². The largest absolute Gasteiger partial charge is 1.00 e. The molecular weight excluding hydrogens is 262 g/mol. The summed E-state index contributed by atoms with van der Waals surface area (Å²) in [6, 6.07) is 9.90. The van der Waals surface area contributed by atoms with Crippen molar-refractivity contribution in [3.8, 4) is 11.5 Å². The quantitative estimate of drug-likeness (QED) is 0.775. The van der Waals surface area contributed by atoms with Crippen molar-refractivity contribution < 1.29 is 16.8 Å². The normalized spacial score (nSPS) is 16.0. The maximum atomic E-state index is 5.71. The Morgan fingerprint density at radius 1 is 1.00 bits per heavy atom. The van der Waals surface area contributed by atoms with Crippen molar-refractivity contribution in [3.05, 3.63) is 36.2 Å². The molecule has 19 heavy (non-hydrogen) atoms. The number of nitrogens with zero attached hydrogens (tertiary/aromatic N) is 3. The number of likely N-dealkylation sites (tertiary alicyclic amines) is 1. The van der Waals surface area contributed by atoms with Crippen LogP contribution in [0.5, 0.6) is 0 Å². The van der Waals surface area contributed by atoms with Crippen LogP contribution in [0, 0.1) is 0 Å². The van der Waals surface area contributed by atoms with E-state index in [0.717, 1.165) is 31.1 Å². The van der Waals surface area contributed by atoms with Gasteiger partial charge in [-0.25, -0.2) is 0 Å². The molecule has 0 unspecified atom stereocenters. The van der Waals surface area contributed by atoms with Gasteiger partial charge in [-0.15, -0.1) is 10.2 Å². The highest BCUT2D eigenvalue weighted by atomic mass is 35.5. The van der Waals surface area contributed by atoms with Gasteiger partial charge in [-0.05, 0) is 38.1 Å². The van der Waals surface area contributed by atoms with Gasteiger partial charge in [0.1, 0.15) is 0 Å². The van der Waals surface area contributed by atoms with E-state index in [1.54, 1.807) is 0 Å². The highest BCUT2D eigenvalue weighted by molar-refractivity contribution is 5.51. The van der Waals surface area contributed by atoms with Crippen LogP contribution < -0.4 is 12.4 Å². The number of hydrogen-bond acceptors (Lipinski definition) is 4. The fourth-order valence-electron chi connectivity index (χ4n) is 2.32. The molecule has 0 N–H and O–H groups in total. The summed E-state index contributed by atoms with van der Waals surface area (Å²) in [4.78, 5) is 2.38. The first-order chi connectivity index (χ1) is 8.92. The van der Waals surface area contributed by atoms with Gasteiger partial charge in [0.25, 0.3) is 0 Å². The van der Waals surface area contributed by atoms with Crippen molar-refractivity contribution in [1.29, 1.82) is 0 Å². The third-order valence-electron chi connectivity index (χ3n) is 3.30. The molecule has 0 atom stereocenters. The van der Waals surface area contributed by atoms with E-state index in [9.17, 15) is 0 Å². The lowest BCUT2D eigenvalue weighted by molar-refractivity contribution is -0.00000451. The number of halogens is 1. The molecule has 0 radical (unpaired) electrons. The fraction of sp³-hybridized carbons (Fsp3) is 0.429. The Labute approximate surface area is 119 Å². The summed E-state index contributed by atoms with van der Waals surface area (Å²) in [7, 11) is 0. The molecule has 1 aliphatic heterocycles. The lowest BCUT2D eigenvalue weighted by Gasteiger charge is -2.24. The molecule has 1 saturated heterocycles. The molecular formula is C14H17ClN3O-. The summed E-state index contributed by atoms with van der Waals surface area (Å²) in [6.45, 7) is 3.06. The van der Waals surface area contributed by atoms with Gasteiger partial charge in [0.2, 0.25) is 11.8 Å². The Morgan fingerprint density at radius 3 is 2.47 bits per heavy atom. The van der Waals surface area contributed by atoms with Gasteiger partial charge in [-0.3, -0.25) is 4.90 Å². The Hall–Kier alpha value is -1.39. The highest BCUT2D eigenvalue weighted by Crippen LogP contribution is 2.18. The second-order valence-corrected chi connectivity index (χ2v) is 4.70. The van der Waals surface area contributed by atoms with Gasteiger partial charge in [0.05, 0.1) is 6.54 Å². The standard InChI is InChI=1S/C14H17N3O.ClH/c1-3-7-12(8-4-1)14-16-15-13(18-14)11-17-9-5-2-6-10-17;/h1,3-4,7-8H,2,5-6,9-11H2;1H/p-1. The van der Waals surface area contributed by atoms with Crippen molar-refractivity contribution in [2.45, 2.75) is 25.8 Å². The average Bonchev–Trinajstić information content (AvgIpc) is 2.89. The van der Waals surface area contributed by atoms with Crippen LogP contribution in [-0.4, -0.2) is 28.2 Å². The molecule has 3 rings (SSSR count). The second kappa shape index (κ2) is 6.68. The third-order valence-corrected chi connectivity index (χ3v) is 3.30. The fourth-order valence-corrected chi connectivity index (χ4v) is 2.32. The van der Waals surface area contributed by atoms with Crippen LogP contribution in [0.1, 0.15) is 25.2 Å². The summed E-state index contributed by atoms with van der Waals surface area (Å²) in [5, 5.41) is 8.24. The first-order valence-corrected chi connectivity index (χ1v) is 6.52. The lowest BCUT2D eigenvalue weighted by Crippen LogP contribution is -3.00. The van der Waals surface area contributed by atoms with Crippen molar-refractivity contribution in [3.63, 3.8) is 0 Å². The SMILES string of the molecule is [Cl-].c1ccc(-c2nnc(CN3CCCCC3)o2)cc1. The number of hydrogen-bond donors (Lipinski definition) is 0. The van der Waals surface area contributed by atoms with Crippen LogP contribution in [0.3, 0.4) is 0 Å². The van der Waals surface area contributed by atoms with Gasteiger partial charge >= 0.3 is 0 Å². The van der Waals surface area contributed by atoms with Crippen LogP contribution in [-0.2, 0) is 6.54 Å². The summed E-state index contributed by atoms with van der Waals surface area (Å²) in [5.41, 5.74) is 0.981. The van der Waals surface area contributed by atoms with Crippen LogP contribution in [0.15, 0.2) is 34.7 Å². The van der Waals surface area contributed by atoms with Gasteiger partial charge in [-0.2, -0.15) is 0 Å². The second-order valence-electron chi connectivity index (χ2n) is 4.70. The summed E-state index contributed by atoms with van der Waals surface area (Å²) in [6.07, 6.45) is 3.90. The number of piperidine rings is 1. The van der Waals surface area contributed by atoms with E-state index in [4.69, 9.17) is 4.42 Å². The van der Waals surface area contributed by atoms with E-state index in [1.807, 2.05) is 30.3 Å². The summed E-state index contributed by atoms with van der Waals surface area (Å²) < 4.78 is 5.71. The zero-order chi connectivity index (χ0) is 12.2. The van der Waals surface area contributed by atoms with E-state index in [2.05, 4.69) is 15.1 Å². The summed E-state index contributed by atoms with van der Waals surface area (Å²) >= 11 is 0. The average molecular weight is 279 g/mol. The summed E-state index contributed by atoms with van der Waals surface area (Å²) in [5.74, 6) is 1.33. The molecule has 0 spiro atoms. The Kier molecular flexibility index (Phi) is 4.93. The molecule has 102 valence electrons. The molecule has 2 aromatic rings. The molecule has 2 heterocycles. The van der Waals surface area contributed by atoms with Gasteiger partial charge < -0.3 is 16.8 Å². The molecule has 0 saturated carbocycles. The molecule has 4 nitrogen and oxygen atoms in total. The topological polar surface area (TPSA) is 42.2 Å². The van der Waals surface area contributed by atoms with Crippen LogP contribution in [0.25, 0.3) is 11.5 Å². The predicted molar refractivity (Wildman–Crippen MR) is 68.9 cm³/mol. The zero-order valence-corrected chi connectivity index (χ0v) is 11.5. The first kappa shape index (κ1) is 14.0. The minimum Gasteiger partial charge on any atom is -1.00 e. The zero-order valence-electron chi connectivity index (χ0n) is 10.8. The smallest absolute Gasteiger partial charge is 0.247 e. The first-order valence-electron chi connectivity index (χ1n) is 6.52. The Morgan fingerprint density at radius 2 is 1.74 bits per heavy atom. The van der Waals surface area contributed by atoms with Crippen LogP contribution in [0.2, 0.25) is 0 Å². The lowest BCUT2D eigenvalue weighted by atomic mass is 10.1. The minimum atomic E-state index is 0. The molecule has 1 aliphatic rings. The van der Waals surface area contributed by atoms with Crippen molar-refractivity contribution in [2.75, 3.05) is 13.1 Å². The van der Waals surface area contributed by atoms with E-state index in [0.29, 0.717) is 5.89 Å². The molecule has 0 amide bonds. The third kappa shape index (κ3) is 3.55. The molecule has 1 aromatic heterocycles. The van der Waals surface area contributed by atoms with Gasteiger partial charge in [0.15, 0.2) is 0 Å². The Bertz CT molecular complexity index is 494. The van der Waals surface area contributed by atoms with Gasteiger partial charge in [-0.1, -0.05) is 24.6 Å². The number of rotatable bonds is 3. The molecule has 5 heteroatoms. The number of aromatic nitrogens is 2. The van der Waals surface area contributed by atoms with Gasteiger partial charge in [0, 0.05) is 5.56 Å². The molecule has 0 bridgehead atoms. The number of benzene rings is 1. The van der Waals surface area contributed by atoms with E-state index < -0.39 is 0 Å². The van der Waals surface area contributed by atoms with Crippen LogP contribution in [0.4, 0.5) is 0 Å². The minimum absolute atomic E-state index is 0. The molecule has 1 aromatic carbocycles. The molecule has 1 fully saturated rings. The van der Waals surface area contributed by atoms with E-state index in [1.165, 1.54) is 19.3 Å². The van der Waals surface area contributed by atoms with Crippen molar-refractivity contribution >= 4 is 0 Å². The van der Waals surface area contributed by atoms with E-state index in [-0.39, 0.29) is 12.4 Å². The Balaban J connectivity index is 0.00000133. The maximum Gasteiger partial charge on any atom is 0.247 e.